The molecule has 3 heterocycles. The maximum Gasteiger partial charge on any atom is 0.308 e. The van der Waals surface area contributed by atoms with Gasteiger partial charge in [-0.15, -0.1) is 0 Å². The van der Waals surface area contributed by atoms with E-state index in [9.17, 15) is 14.7 Å². The van der Waals surface area contributed by atoms with E-state index in [1.807, 2.05) is 23.8 Å². The monoisotopic (exact) mass is 334 g/mol. The van der Waals surface area contributed by atoms with Crippen LogP contribution in [0.4, 0.5) is 0 Å². The lowest BCUT2D eigenvalue weighted by molar-refractivity contribution is -0.152. The Morgan fingerprint density at radius 2 is 2.30 bits per heavy atom. The van der Waals surface area contributed by atoms with Gasteiger partial charge < -0.3 is 14.5 Å². The smallest absolute Gasteiger partial charge is 0.308 e. The SMILES string of the molecule is Cc1noc(C)c1CN1C(=O)CC[C@H](C(=O)O)[C@@H]1c1ccsc1. The molecule has 6 nitrogen and oxygen atoms in total. The Morgan fingerprint density at radius 3 is 2.87 bits per heavy atom. The maximum atomic E-state index is 12.5. The van der Waals surface area contributed by atoms with Crippen LogP contribution >= 0.6 is 11.3 Å². The number of hydrogen-bond donors (Lipinski definition) is 1. The van der Waals surface area contributed by atoms with Crippen molar-refractivity contribution in [2.45, 2.75) is 39.3 Å². The van der Waals surface area contributed by atoms with Crippen LogP contribution in [0.1, 0.15) is 41.5 Å². The molecular weight excluding hydrogens is 316 g/mol. The molecular formula is C16H18N2O4S. The van der Waals surface area contributed by atoms with Crippen molar-refractivity contribution < 1.29 is 19.2 Å². The van der Waals surface area contributed by atoms with E-state index in [0.717, 1.165) is 16.8 Å². The van der Waals surface area contributed by atoms with Crippen molar-refractivity contribution in [3.8, 4) is 0 Å². The van der Waals surface area contributed by atoms with Gasteiger partial charge in [-0.25, -0.2) is 0 Å². The summed E-state index contributed by atoms with van der Waals surface area (Å²) in [5.41, 5.74) is 2.46. The number of hydrogen-bond acceptors (Lipinski definition) is 5. The van der Waals surface area contributed by atoms with E-state index in [1.165, 1.54) is 11.3 Å². The van der Waals surface area contributed by atoms with Crippen LogP contribution < -0.4 is 0 Å². The Bertz CT molecular complexity index is 703. The number of rotatable bonds is 4. The van der Waals surface area contributed by atoms with E-state index in [0.29, 0.717) is 18.7 Å². The van der Waals surface area contributed by atoms with E-state index < -0.39 is 17.9 Å². The molecule has 0 aromatic carbocycles. The van der Waals surface area contributed by atoms with Crippen molar-refractivity contribution in [2.24, 2.45) is 5.92 Å². The third kappa shape index (κ3) is 2.88. The first kappa shape index (κ1) is 15.7. The zero-order chi connectivity index (χ0) is 16.6. The second kappa shape index (κ2) is 6.16. The third-order valence-corrected chi connectivity index (χ3v) is 5.12. The van der Waals surface area contributed by atoms with Crippen molar-refractivity contribution in [3.05, 3.63) is 39.4 Å². The number of carboxylic acid groups (broad SMARTS) is 1. The van der Waals surface area contributed by atoms with Crippen molar-refractivity contribution in [1.29, 1.82) is 0 Å². The summed E-state index contributed by atoms with van der Waals surface area (Å²) >= 11 is 1.50. The highest BCUT2D eigenvalue weighted by Crippen LogP contribution is 2.39. The van der Waals surface area contributed by atoms with Gasteiger partial charge in [-0.3, -0.25) is 9.59 Å². The number of aliphatic carboxylic acids is 1. The fourth-order valence-electron chi connectivity index (χ4n) is 3.15. The Balaban J connectivity index is 1.99. The van der Waals surface area contributed by atoms with Gasteiger partial charge in [0.2, 0.25) is 5.91 Å². The van der Waals surface area contributed by atoms with E-state index in [2.05, 4.69) is 5.16 Å². The highest BCUT2D eigenvalue weighted by Gasteiger charge is 2.41. The molecule has 7 heteroatoms. The zero-order valence-electron chi connectivity index (χ0n) is 13.0. The number of aryl methyl sites for hydroxylation is 2. The molecule has 1 amide bonds. The van der Waals surface area contributed by atoms with E-state index in [-0.39, 0.29) is 12.3 Å². The first-order valence-electron chi connectivity index (χ1n) is 7.45. The van der Waals surface area contributed by atoms with Gasteiger partial charge in [-0.1, -0.05) is 5.16 Å². The quantitative estimate of drug-likeness (QED) is 0.929. The molecule has 2 aromatic heterocycles. The van der Waals surface area contributed by atoms with E-state index >= 15 is 0 Å². The summed E-state index contributed by atoms with van der Waals surface area (Å²) < 4.78 is 5.17. The molecule has 0 unspecified atom stereocenters. The average molecular weight is 334 g/mol. The van der Waals surface area contributed by atoms with Gasteiger partial charge in [0.15, 0.2) is 0 Å². The number of aromatic nitrogens is 1. The lowest BCUT2D eigenvalue weighted by Gasteiger charge is -2.39. The lowest BCUT2D eigenvalue weighted by atomic mass is 9.85. The number of carbonyl (C=O) groups is 2. The molecule has 122 valence electrons. The minimum atomic E-state index is -0.863. The van der Waals surface area contributed by atoms with Crippen LogP contribution in [0, 0.1) is 19.8 Å². The molecule has 23 heavy (non-hydrogen) atoms. The third-order valence-electron chi connectivity index (χ3n) is 4.42. The number of thiophene rings is 1. The second-order valence-electron chi connectivity index (χ2n) is 5.81. The fourth-order valence-corrected chi connectivity index (χ4v) is 3.84. The largest absolute Gasteiger partial charge is 0.481 e. The molecule has 0 radical (unpaired) electrons. The summed E-state index contributed by atoms with van der Waals surface area (Å²) in [6.45, 7) is 3.96. The number of carbonyl (C=O) groups excluding carboxylic acids is 1. The standard InChI is InChI=1S/C16H18N2O4S/c1-9-13(10(2)22-17-9)7-18-14(19)4-3-12(16(20)21)15(18)11-5-6-23-8-11/h5-6,8,12,15H,3-4,7H2,1-2H3,(H,20,21)/t12-,15-/m0/s1. The number of carboxylic acids is 1. The molecule has 1 aliphatic rings. The molecule has 3 rings (SSSR count). The topological polar surface area (TPSA) is 83.6 Å². The summed E-state index contributed by atoms with van der Waals surface area (Å²) in [6, 6.07) is 1.44. The van der Waals surface area contributed by atoms with Crippen molar-refractivity contribution >= 4 is 23.2 Å². The van der Waals surface area contributed by atoms with Crippen LogP contribution in [0.5, 0.6) is 0 Å². The molecule has 0 aliphatic carbocycles. The Kier molecular flexibility index (Phi) is 4.21. The van der Waals surface area contributed by atoms with Crippen LogP contribution in [0.15, 0.2) is 21.3 Å². The highest BCUT2D eigenvalue weighted by molar-refractivity contribution is 7.08. The molecule has 0 bridgehead atoms. The Hall–Kier alpha value is -2.15. The van der Waals surface area contributed by atoms with Crippen molar-refractivity contribution in [2.75, 3.05) is 0 Å². The van der Waals surface area contributed by atoms with Gasteiger partial charge >= 0.3 is 5.97 Å². The van der Waals surface area contributed by atoms with Crippen molar-refractivity contribution in [3.63, 3.8) is 0 Å². The summed E-state index contributed by atoms with van der Waals surface area (Å²) in [7, 11) is 0. The van der Waals surface area contributed by atoms with Gasteiger partial charge in [-0.2, -0.15) is 11.3 Å². The predicted molar refractivity (Wildman–Crippen MR) is 83.9 cm³/mol. The summed E-state index contributed by atoms with van der Waals surface area (Å²) in [4.78, 5) is 25.8. The highest BCUT2D eigenvalue weighted by atomic mass is 32.1. The van der Waals surface area contributed by atoms with E-state index in [4.69, 9.17) is 4.52 Å². The maximum absolute atomic E-state index is 12.5. The predicted octanol–water partition coefficient (Wildman–Crippen LogP) is 2.92. The molecule has 2 aromatic rings. The minimum Gasteiger partial charge on any atom is -0.481 e. The zero-order valence-corrected chi connectivity index (χ0v) is 13.8. The molecule has 2 atom stereocenters. The van der Waals surface area contributed by atoms with Crippen LogP contribution in [-0.4, -0.2) is 27.0 Å². The Morgan fingerprint density at radius 1 is 1.52 bits per heavy atom. The van der Waals surface area contributed by atoms with Crippen LogP contribution in [0.2, 0.25) is 0 Å². The fraction of sp³-hybridized carbons (Fsp3) is 0.438. The van der Waals surface area contributed by atoms with Gasteiger partial charge in [0.25, 0.3) is 0 Å². The molecule has 1 saturated heterocycles. The molecule has 1 N–H and O–H groups in total. The summed E-state index contributed by atoms with van der Waals surface area (Å²) in [5.74, 6) is -0.823. The molecule has 1 fully saturated rings. The molecule has 0 saturated carbocycles. The summed E-state index contributed by atoms with van der Waals surface area (Å²) in [6.07, 6.45) is 0.619. The number of amides is 1. The number of nitrogens with zero attached hydrogens (tertiary/aromatic N) is 2. The first-order chi connectivity index (χ1) is 11.0. The van der Waals surface area contributed by atoms with Gasteiger partial charge in [0, 0.05) is 12.0 Å². The average Bonchev–Trinajstić information content (AvgIpc) is 3.13. The van der Waals surface area contributed by atoms with Gasteiger partial charge in [0.05, 0.1) is 24.2 Å². The minimum absolute atomic E-state index is 0.0290. The molecule has 1 aliphatic heterocycles. The normalized spacial score (nSPS) is 21.7. The second-order valence-corrected chi connectivity index (χ2v) is 6.59. The van der Waals surface area contributed by atoms with Gasteiger partial charge in [0.1, 0.15) is 5.76 Å². The number of likely N-dealkylation sites (tertiary alicyclic amines) is 1. The number of piperidine rings is 1. The van der Waals surface area contributed by atoms with Crippen LogP contribution in [0.25, 0.3) is 0 Å². The van der Waals surface area contributed by atoms with E-state index in [1.54, 1.807) is 11.8 Å². The lowest BCUT2D eigenvalue weighted by Crippen LogP contribution is -2.44. The van der Waals surface area contributed by atoms with Crippen LogP contribution in [0.3, 0.4) is 0 Å². The summed E-state index contributed by atoms with van der Waals surface area (Å²) in [5, 5.41) is 17.3. The van der Waals surface area contributed by atoms with Gasteiger partial charge in [-0.05, 0) is 42.7 Å². The Labute approximate surface area is 137 Å². The first-order valence-corrected chi connectivity index (χ1v) is 8.39. The molecule has 0 spiro atoms. The van der Waals surface area contributed by atoms with Crippen LogP contribution in [-0.2, 0) is 16.1 Å². The van der Waals surface area contributed by atoms with Crippen molar-refractivity contribution in [1.82, 2.24) is 10.1 Å².